The number of nitrogens with one attached hydrogen (secondary N) is 1. The third kappa shape index (κ3) is 4.28. The van der Waals surface area contributed by atoms with E-state index in [1.807, 2.05) is 18.2 Å². The van der Waals surface area contributed by atoms with Gasteiger partial charge >= 0.3 is 0 Å². The summed E-state index contributed by atoms with van der Waals surface area (Å²) in [5.74, 6) is 0.564. The topological polar surface area (TPSA) is 45.2 Å². The Morgan fingerprint density at radius 2 is 2.22 bits per heavy atom. The van der Waals surface area contributed by atoms with Gasteiger partial charge in [-0.05, 0) is 42.7 Å². The molecule has 1 fully saturated rings. The third-order valence-electron chi connectivity index (χ3n) is 4.01. The smallest absolute Gasteiger partial charge is 0.224 e. The molecule has 0 saturated carbocycles. The van der Waals surface area contributed by atoms with Crippen molar-refractivity contribution < 1.29 is 9.18 Å². The summed E-state index contributed by atoms with van der Waals surface area (Å²) < 4.78 is 13.2. The molecule has 1 N–H and O–H groups in total. The van der Waals surface area contributed by atoms with Crippen LogP contribution in [0.1, 0.15) is 18.4 Å². The lowest BCUT2D eigenvalue weighted by Crippen LogP contribution is -2.48. The Bertz CT molecular complexity index is 662. The molecule has 0 bridgehead atoms. The van der Waals surface area contributed by atoms with Crippen molar-refractivity contribution in [3.05, 3.63) is 60.0 Å². The van der Waals surface area contributed by atoms with E-state index in [1.54, 1.807) is 18.3 Å². The number of aromatic nitrogens is 1. The number of nitrogens with zero attached hydrogens (tertiary/aromatic N) is 2. The number of carbonyl (C=O) groups is 1. The van der Waals surface area contributed by atoms with Crippen molar-refractivity contribution in [3.8, 4) is 0 Å². The second-order valence-electron chi connectivity index (χ2n) is 5.85. The molecule has 23 heavy (non-hydrogen) atoms. The van der Waals surface area contributed by atoms with Crippen molar-refractivity contribution in [2.24, 2.45) is 0 Å². The van der Waals surface area contributed by atoms with Gasteiger partial charge in [-0.3, -0.25) is 4.79 Å². The van der Waals surface area contributed by atoms with Crippen molar-refractivity contribution in [3.63, 3.8) is 0 Å². The molecule has 0 spiro atoms. The minimum Gasteiger partial charge on any atom is -0.355 e. The van der Waals surface area contributed by atoms with E-state index >= 15 is 0 Å². The first kappa shape index (κ1) is 15.5. The highest BCUT2D eigenvalue weighted by Gasteiger charge is 2.22. The number of anilines is 1. The first-order valence-electron chi connectivity index (χ1n) is 7.90. The van der Waals surface area contributed by atoms with Gasteiger partial charge in [-0.1, -0.05) is 18.2 Å². The summed E-state index contributed by atoms with van der Waals surface area (Å²) in [5, 5.41) is 3.06. The molecule has 1 aliphatic heterocycles. The van der Waals surface area contributed by atoms with Gasteiger partial charge in [0.25, 0.3) is 0 Å². The Morgan fingerprint density at radius 3 is 3.00 bits per heavy atom. The molecule has 0 aliphatic carbocycles. The molecule has 1 aromatic carbocycles. The van der Waals surface area contributed by atoms with E-state index in [4.69, 9.17) is 0 Å². The summed E-state index contributed by atoms with van der Waals surface area (Å²) in [6.45, 7) is 1.71. The predicted molar refractivity (Wildman–Crippen MR) is 87.7 cm³/mol. The van der Waals surface area contributed by atoms with Crippen molar-refractivity contribution >= 4 is 11.7 Å². The number of rotatable bonds is 4. The second kappa shape index (κ2) is 7.22. The second-order valence-corrected chi connectivity index (χ2v) is 5.85. The molecule has 3 rings (SSSR count). The van der Waals surface area contributed by atoms with Crippen LogP contribution in [0.4, 0.5) is 10.2 Å². The van der Waals surface area contributed by atoms with Crippen LogP contribution in [0.25, 0.3) is 0 Å². The van der Waals surface area contributed by atoms with Crippen LogP contribution < -0.4 is 10.2 Å². The molecule has 4 nitrogen and oxygen atoms in total. The lowest BCUT2D eigenvalue weighted by Gasteiger charge is -2.34. The Kier molecular flexibility index (Phi) is 4.86. The maximum atomic E-state index is 13.2. The first-order valence-corrected chi connectivity index (χ1v) is 7.90. The number of amides is 1. The fraction of sp³-hybridized carbons (Fsp3) is 0.333. The van der Waals surface area contributed by atoms with Gasteiger partial charge in [0.15, 0.2) is 0 Å². The zero-order valence-electron chi connectivity index (χ0n) is 12.9. The summed E-state index contributed by atoms with van der Waals surface area (Å²) in [7, 11) is 0. The summed E-state index contributed by atoms with van der Waals surface area (Å²) in [6.07, 6.45) is 3.96. The minimum absolute atomic E-state index is 0.0662. The van der Waals surface area contributed by atoms with Gasteiger partial charge in [0.05, 0.1) is 6.42 Å². The van der Waals surface area contributed by atoms with Gasteiger partial charge in [-0.25, -0.2) is 9.37 Å². The van der Waals surface area contributed by atoms with Crippen LogP contribution in [-0.4, -0.2) is 30.0 Å². The molecule has 1 amide bonds. The van der Waals surface area contributed by atoms with Crippen LogP contribution in [0.3, 0.4) is 0 Å². The molecule has 0 radical (unpaired) electrons. The molecule has 1 saturated heterocycles. The minimum atomic E-state index is -0.311. The molecule has 120 valence electrons. The van der Waals surface area contributed by atoms with Crippen molar-refractivity contribution in [1.29, 1.82) is 0 Å². The third-order valence-corrected chi connectivity index (χ3v) is 4.01. The number of carbonyl (C=O) groups excluding carboxylic acids is 1. The Labute approximate surface area is 135 Å². The summed E-state index contributed by atoms with van der Waals surface area (Å²) in [6, 6.07) is 12.1. The fourth-order valence-electron chi connectivity index (χ4n) is 2.95. The van der Waals surface area contributed by atoms with E-state index in [1.165, 1.54) is 12.1 Å². The molecular weight excluding hydrogens is 293 g/mol. The van der Waals surface area contributed by atoms with Gasteiger partial charge in [-0.15, -0.1) is 0 Å². The van der Waals surface area contributed by atoms with E-state index in [-0.39, 0.29) is 24.2 Å². The van der Waals surface area contributed by atoms with Crippen molar-refractivity contribution in [2.75, 3.05) is 18.0 Å². The molecular formula is C18H20FN3O. The predicted octanol–water partition coefficient (Wildman–Crippen LogP) is 2.55. The average Bonchev–Trinajstić information content (AvgIpc) is 2.56. The standard InChI is InChI=1S/C18H20FN3O/c19-15-6-3-5-14(11-15)12-18(23)21-16-7-4-10-22(13-16)17-8-1-2-9-20-17/h1-3,5-6,8-9,11,16H,4,7,10,12-13H2,(H,21,23)/t16-/m1/s1. The summed E-state index contributed by atoms with van der Waals surface area (Å²) >= 11 is 0. The highest BCUT2D eigenvalue weighted by molar-refractivity contribution is 5.79. The van der Waals surface area contributed by atoms with Crippen molar-refractivity contribution in [2.45, 2.75) is 25.3 Å². The zero-order chi connectivity index (χ0) is 16.1. The lowest BCUT2D eigenvalue weighted by atomic mass is 10.0. The first-order chi connectivity index (χ1) is 11.2. The molecule has 2 aromatic rings. The Hall–Kier alpha value is -2.43. The van der Waals surface area contributed by atoms with E-state index in [0.717, 1.165) is 31.7 Å². The highest BCUT2D eigenvalue weighted by atomic mass is 19.1. The number of benzene rings is 1. The number of hydrogen-bond donors (Lipinski definition) is 1. The van der Waals surface area contributed by atoms with E-state index < -0.39 is 0 Å². The molecule has 1 aliphatic rings. The van der Waals surface area contributed by atoms with Gasteiger partial charge in [-0.2, -0.15) is 0 Å². The van der Waals surface area contributed by atoms with Crippen LogP contribution in [0, 0.1) is 5.82 Å². The number of hydrogen-bond acceptors (Lipinski definition) is 3. The Balaban J connectivity index is 1.56. The van der Waals surface area contributed by atoms with Gasteiger partial charge < -0.3 is 10.2 Å². The van der Waals surface area contributed by atoms with Crippen LogP contribution in [0.2, 0.25) is 0 Å². The number of pyridine rings is 1. The summed E-state index contributed by atoms with van der Waals surface area (Å²) in [4.78, 5) is 18.7. The molecule has 1 atom stereocenters. The quantitative estimate of drug-likeness (QED) is 0.943. The summed E-state index contributed by atoms with van der Waals surface area (Å²) in [5.41, 5.74) is 0.694. The largest absolute Gasteiger partial charge is 0.355 e. The van der Waals surface area contributed by atoms with Crippen LogP contribution in [0.15, 0.2) is 48.7 Å². The van der Waals surface area contributed by atoms with Crippen LogP contribution >= 0.6 is 0 Å². The normalized spacial score (nSPS) is 17.8. The SMILES string of the molecule is O=C(Cc1cccc(F)c1)N[C@@H]1CCCN(c2ccccn2)C1. The fourth-order valence-corrected chi connectivity index (χ4v) is 2.95. The van der Waals surface area contributed by atoms with Gasteiger partial charge in [0.1, 0.15) is 11.6 Å². The van der Waals surface area contributed by atoms with E-state index in [9.17, 15) is 9.18 Å². The van der Waals surface area contributed by atoms with Gasteiger partial charge in [0.2, 0.25) is 5.91 Å². The van der Waals surface area contributed by atoms with E-state index in [2.05, 4.69) is 15.2 Å². The van der Waals surface area contributed by atoms with Crippen LogP contribution in [-0.2, 0) is 11.2 Å². The van der Waals surface area contributed by atoms with Crippen LogP contribution in [0.5, 0.6) is 0 Å². The highest BCUT2D eigenvalue weighted by Crippen LogP contribution is 2.17. The maximum absolute atomic E-state index is 13.2. The van der Waals surface area contributed by atoms with Gasteiger partial charge in [0, 0.05) is 25.3 Å². The molecule has 2 heterocycles. The average molecular weight is 313 g/mol. The van der Waals surface area contributed by atoms with E-state index in [0.29, 0.717) is 5.56 Å². The molecule has 0 unspecified atom stereocenters. The molecule has 5 heteroatoms. The Morgan fingerprint density at radius 1 is 1.30 bits per heavy atom. The van der Waals surface area contributed by atoms with Crippen molar-refractivity contribution in [1.82, 2.24) is 10.3 Å². The number of piperidine rings is 1. The number of halogens is 1. The molecule has 1 aromatic heterocycles. The zero-order valence-corrected chi connectivity index (χ0v) is 12.9. The monoisotopic (exact) mass is 313 g/mol. The maximum Gasteiger partial charge on any atom is 0.224 e. The lowest BCUT2D eigenvalue weighted by molar-refractivity contribution is -0.121.